The van der Waals surface area contributed by atoms with Crippen molar-refractivity contribution in [2.24, 2.45) is 39.8 Å². The number of carboxylic acids is 1. The number of carbonyl (C=O) groups is 5. The fourth-order valence-corrected chi connectivity index (χ4v) is 12.2. The number of carbonyl (C=O) groups excluding carboxylic acids is 4. The lowest BCUT2D eigenvalue weighted by Crippen LogP contribution is -2.46. The highest BCUT2D eigenvalue weighted by atomic mass is 16.6. The predicted molar refractivity (Wildman–Crippen MR) is 386 cm³/mol. The molecule has 0 bridgehead atoms. The van der Waals surface area contributed by atoms with Crippen LogP contribution in [0.5, 0.6) is 0 Å². The number of hydrogen-bond acceptors (Lipinski definition) is 19. The molecular formula is C77H114N12O13. The molecule has 6 fully saturated rings. The van der Waals surface area contributed by atoms with E-state index in [4.69, 9.17) is 54.8 Å². The van der Waals surface area contributed by atoms with Crippen LogP contribution in [0.25, 0.3) is 0 Å². The summed E-state index contributed by atoms with van der Waals surface area (Å²) in [6, 6.07) is 30.4. The van der Waals surface area contributed by atoms with Crippen molar-refractivity contribution < 1.29 is 62.3 Å². The molecule has 6 aliphatic carbocycles. The summed E-state index contributed by atoms with van der Waals surface area (Å²) in [5.74, 6) is 2.81. The van der Waals surface area contributed by atoms with Crippen LogP contribution in [-0.4, -0.2) is 143 Å². The highest BCUT2D eigenvalue weighted by molar-refractivity contribution is 5.89. The zero-order chi connectivity index (χ0) is 75.1. The lowest BCUT2D eigenvalue weighted by Gasteiger charge is -2.30. The van der Waals surface area contributed by atoms with Crippen LogP contribution in [0.15, 0.2) is 105 Å². The molecule has 25 nitrogen and oxygen atoms in total. The van der Waals surface area contributed by atoms with Crippen LogP contribution >= 0.6 is 0 Å². The summed E-state index contributed by atoms with van der Waals surface area (Å²) >= 11 is 0. The number of aromatic nitrogens is 4. The minimum absolute atomic E-state index is 0.00216. The minimum Gasteiger partial charge on any atom is -0.480 e. The van der Waals surface area contributed by atoms with Gasteiger partial charge in [-0.15, -0.1) is 0 Å². The Hall–Kier alpha value is -8.32. The number of nitrogens with zero attached hydrogens (tertiary/aromatic N) is 7. The predicted octanol–water partition coefficient (Wildman–Crippen LogP) is 13.9. The molecule has 2 aromatic heterocycles. The fraction of sp³-hybridized carbons (Fsp3) is 0.636. The van der Waals surface area contributed by atoms with Crippen molar-refractivity contribution in [1.29, 1.82) is 0 Å². The van der Waals surface area contributed by atoms with Gasteiger partial charge in [-0.25, -0.2) is 24.0 Å². The summed E-state index contributed by atoms with van der Waals surface area (Å²) in [6.07, 6.45) is 6.73. The van der Waals surface area contributed by atoms with Crippen molar-refractivity contribution in [3.63, 3.8) is 0 Å². The minimum atomic E-state index is -1.06. The first-order valence-electron chi connectivity index (χ1n) is 36.2. The molecule has 9 atom stereocenters. The van der Waals surface area contributed by atoms with Gasteiger partial charge in [0, 0.05) is 66.3 Å². The molecule has 9 N–H and O–H groups in total. The Labute approximate surface area is 602 Å². The van der Waals surface area contributed by atoms with Gasteiger partial charge in [0.1, 0.15) is 40.3 Å². The molecule has 11 rings (SSSR count). The van der Waals surface area contributed by atoms with E-state index in [0.29, 0.717) is 54.5 Å². The van der Waals surface area contributed by atoms with Gasteiger partial charge < -0.3 is 75.5 Å². The van der Waals surface area contributed by atoms with Crippen LogP contribution in [0.2, 0.25) is 0 Å². The molecule has 0 unspecified atom stereocenters. The maximum Gasteiger partial charge on any atom is 0.410 e. The van der Waals surface area contributed by atoms with Gasteiger partial charge >= 0.3 is 30.3 Å². The van der Waals surface area contributed by atoms with Gasteiger partial charge in [0.25, 0.3) is 0 Å². The summed E-state index contributed by atoms with van der Waals surface area (Å²) in [6.45, 7) is 35.2. The van der Waals surface area contributed by atoms with Gasteiger partial charge in [0.05, 0.1) is 11.5 Å². The quantitative estimate of drug-likeness (QED) is 0.0105. The van der Waals surface area contributed by atoms with Crippen molar-refractivity contribution in [2.75, 3.05) is 19.6 Å². The Morgan fingerprint density at radius 1 is 0.559 bits per heavy atom. The summed E-state index contributed by atoms with van der Waals surface area (Å²) in [5, 5.41) is 38.5. The number of ether oxygens (including phenoxy) is 4. The third-order valence-corrected chi connectivity index (χ3v) is 18.9. The van der Waals surface area contributed by atoms with Crippen LogP contribution in [0.3, 0.4) is 0 Å². The van der Waals surface area contributed by atoms with E-state index in [0.717, 1.165) is 63.7 Å². The molecule has 0 aliphatic heterocycles. The number of oxime groups is 1. The number of amides is 4. The van der Waals surface area contributed by atoms with Gasteiger partial charge in [-0.05, 0) is 175 Å². The molecule has 0 spiro atoms. The molecule has 6 saturated carbocycles. The van der Waals surface area contributed by atoms with E-state index in [9.17, 15) is 24.0 Å². The van der Waals surface area contributed by atoms with Crippen molar-refractivity contribution >= 4 is 36.2 Å². The Balaban J connectivity index is 0.000000181. The first kappa shape index (κ1) is 79.4. The summed E-state index contributed by atoms with van der Waals surface area (Å²) in [5.41, 5.74) is 12.8. The Kier molecular flexibility index (Phi) is 25.0. The molecule has 5 aromatic rings. The Bertz CT molecular complexity index is 3620. The second-order valence-electron chi connectivity index (χ2n) is 33.7. The molecule has 0 saturated heterocycles. The van der Waals surface area contributed by atoms with E-state index in [-0.39, 0.29) is 59.3 Å². The number of hydrogen-bond donors (Lipinski definition) is 7. The zero-order valence-corrected chi connectivity index (χ0v) is 63.2. The maximum atomic E-state index is 13.4. The third kappa shape index (κ3) is 22.6. The maximum absolute atomic E-state index is 13.4. The van der Waals surface area contributed by atoms with E-state index < -0.39 is 63.5 Å². The molecule has 25 heteroatoms. The van der Waals surface area contributed by atoms with E-state index in [1.807, 2.05) is 117 Å². The van der Waals surface area contributed by atoms with E-state index in [1.165, 1.54) is 23.1 Å². The molecule has 6 aliphatic rings. The van der Waals surface area contributed by atoms with Gasteiger partial charge in [-0.3, -0.25) is 0 Å². The number of nitrogens with two attached hydrogens (primary N) is 2. The molecular weight excluding hydrogens is 1300 g/mol. The van der Waals surface area contributed by atoms with Crippen LogP contribution < -0.4 is 27.4 Å². The lowest BCUT2D eigenvalue weighted by atomic mass is 10.0. The standard InChI is InChI=1S/C29H42N4O5.C19H26N4O.C19H27N3O3.C10H19NO4/c1-18(2)22(30-25(34)36-27(3,4)5)23-31-24(32-38-23)29(14-15-29)17-33(26(35)37-28(6,7)8)21-16-20(21)19-12-10-9-11-13-19;1-12(2)16(20)17-22-18(23-24-17)19(8-9-19)11-21-15-10-14(15)13-6-4-3-5-7-13;1-18(2,3)25-17(23)22(12-19(9-10-19)16(20)21-24)15-11-14(15)13-7-5-4-6-8-13;1-6(2)7(8(12)13)11-9(14)15-10(3,4)5/h9-13,18,20-22H,14-17H2,1-8H3,(H,30,34);3-7,12,14-16,21H,8-11,20H2,1-2H3;4-8,14-15,24H,9-12H2,1-3H3,(H2,20,21);6-7H,1-5H3,(H,11,14)(H,12,13)/t20-,21+,22-;14-,15+,16-;14-,15+;7-/m0000/s1. The lowest BCUT2D eigenvalue weighted by molar-refractivity contribution is -0.140. The van der Waals surface area contributed by atoms with Gasteiger partial charge in [-0.2, -0.15) is 9.97 Å². The number of alkyl carbamates (subject to hydrolysis) is 2. The van der Waals surface area contributed by atoms with Gasteiger partial charge in [-0.1, -0.05) is 148 Å². The number of amidine groups is 1. The number of aliphatic carboxylic acids is 1. The van der Waals surface area contributed by atoms with Crippen LogP contribution in [0, 0.1) is 23.2 Å². The average Bonchev–Trinajstić information content (AvgIpc) is 1.65. The van der Waals surface area contributed by atoms with E-state index in [1.54, 1.807) is 39.5 Å². The molecule has 102 heavy (non-hydrogen) atoms. The number of nitrogens with one attached hydrogen (secondary N) is 3. The van der Waals surface area contributed by atoms with E-state index in [2.05, 4.69) is 105 Å². The second kappa shape index (κ2) is 32.1. The Morgan fingerprint density at radius 3 is 1.36 bits per heavy atom. The highest BCUT2D eigenvalue weighted by Gasteiger charge is 2.57. The zero-order valence-electron chi connectivity index (χ0n) is 63.2. The average molecular weight is 1420 g/mol. The van der Waals surface area contributed by atoms with Crippen molar-refractivity contribution in [1.82, 2.24) is 46.0 Å². The number of rotatable bonds is 23. The normalized spacial score (nSPS) is 21.8. The van der Waals surface area contributed by atoms with Gasteiger partial charge in [0.15, 0.2) is 11.6 Å². The summed E-state index contributed by atoms with van der Waals surface area (Å²) in [4.78, 5) is 73.6. The smallest absolute Gasteiger partial charge is 0.410 e. The second-order valence-corrected chi connectivity index (χ2v) is 33.7. The summed E-state index contributed by atoms with van der Waals surface area (Å²) < 4.78 is 32.9. The number of benzene rings is 3. The third-order valence-electron chi connectivity index (χ3n) is 18.9. The van der Waals surface area contributed by atoms with E-state index >= 15 is 0 Å². The monoisotopic (exact) mass is 1410 g/mol. The van der Waals surface area contributed by atoms with Crippen LogP contribution in [-0.2, 0) is 34.6 Å². The first-order valence-corrected chi connectivity index (χ1v) is 36.2. The van der Waals surface area contributed by atoms with Crippen LogP contribution in [0.1, 0.15) is 252 Å². The molecule has 560 valence electrons. The van der Waals surface area contributed by atoms with Crippen molar-refractivity contribution in [3.05, 3.63) is 131 Å². The van der Waals surface area contributed by atoms with Crippen molar-refractivity contribution in [2.45, 2.75) is 270 Å². The van der Waals surface area contributed by atoms with Gasteiger partial charge in [0.2, 0.25) is 11.8 Å². The SMILES string of the molecule is CC(C)(C)OC(=O)N(CC1(C(N)=NO)CC1)[C@@H]1C[C@H]1c1ccccc1.CC(C)[C@H](N)c1nc(C2(CN[C@@H]3C[C@H]3c3ccccc3)CC2)no1.CC(C)[C@H](NC(=O)OC(C)(C)C)C(=O)O.CC(C)[C@H](NC(=O)OC(C)(C)C)c1nc(C2(CN(C(=O)OC(C)(C)C)[C@@H]3C[C@H]3c3ccccc3)CC2)no1. The number of carboxylic acid groups (broad SMARTS) is 1. The topological polar surface area (TPSA) is 348 Å². The van der Waals surface area contributed by atoms with Crippen molar-refractivity contribution in [3.8, 4) is 0 Å². The molecule has 4 amide bonds. The fourth-order valence-electron chi connectivity index (χ4n) is 12.2. The highest BCUT2D eigenvalue weighted by Crippen LogP contribution is 2.54. The largest absolute Gasteiger partial charge is 0.480 e. The molecule has 2 heterocycles. The Morgan fingerprint density at radius 2 is 0.971 bits per heavy atom. The van der Waals surface area contributed by atoms with Crippen LogP contribution in [0.4, 0.5) is 19.2 Å². The first-order chi connectivity index (χ1) is 47.6. The summed E-state index contributed by atoms with van der Waals surface area (Å²) in [7, 11) is 0. The molecule has 3 aromatic carbocycles. The molecule has 0 radical (unpaired) electrons.